The molecule has 0 aromatic carbocycles. The third-order valence-corrected chi connectivity index (χ3v) is 3.33. The van der Waals surface area contributed by atoms with Crippen LogP contribution in [0.5, 0.6) is 0 Å². The van der Waals surface area contributed by atoms with Gasteiger partial charge >= 0.3 is 0 Å². The maximum Gasteiger partial charge on any atom is -0.0199 e. The predicted octanol–water partition coefficient (Wildman–Crippen LogP) is 2.46. The van der Waals surface area contributed by atoms with Crippen molar-refractivity contribution in [3.8, 4) is 0 Å². The molecule has 0 aliphatic heterocycles. The standard InChI is InChI=1S/C9H14/c1-6-7(2)9-4-3-8(6)5-9/h3-4,6-9H,5H2,1-2H3/t6-,7?,8+,9-/m1/s1. The van der Waals surface area contributed by atoms with E-state index in [9.17, 15) is 0 Å². The minimum absolute atomic E-state index is 0.935. The van der Waals surface area contributed by atoms with Crippen LogP contribution in [0.2, 0.25) is 0 Å². The highest BCUT2D eigenvalue weighted by molar-refractivity contribution is 5.11. The molecule has 0 nitrogen and oxygen atoms in total. The summed E-state index contributed by atoms with van der Waals surface area (Å²) in [6.07, 6.45) is 6.27. The van der Waals surface area contributed by atoms with Gasteiger partial charge in [0.15, 0.2) is 0 Å². The number of hydrogen-bond acceptors (Lipinski definition) is 0. The summed E-state index contributed by atoms with van der Waals surface area (Å²) >= 11 is 0. The second-order valence-electron chi connectivity index (χ2n) is 3.67. The quantitative estimate of drug-likeness (QED) is 0.433. The van der Waals surface area contributed by atoms with Gasteiger partial charge in [-0.2, -0.15) is 0 Å². The monoisotopic (exact) mass is 122 g/mol. The Bertz CT molecular complexity index is 130. The zero-order chi connectivity index (χ0) is 6.43. The summed E-state index contributed by atoms with van der Waals surface area (Å²) in [6.45, 7) is 4.78. The molecule has 2 aliphatic carbocycles. The van der Waals surface area contributed by atoms with E-state index in [2.05, 4.69) is 26.0 Å². The van der Waals surface area contributed by atoms with Gasteiger partial charge < -0.3 is 0 Å². The summed E-state index contributed by atoms with van der Waals surface area (Å²) in [7, 11) is 0. The molecule has 2 aliphatic rings. The molecule has 0 N–H and O–H groups in total. The van der Waals surface area contributed by atoms with Gasteiger partial charge in [-0.25, -0.2) is 0 Å². The van der Waals surface area contributed by atoms with Crippen LogP contribution in [0.4, 0.5) is 0 Å². The van der Waals surface area contributed by atoms with Gasteiger partial charge in [0.05, 0.1) is 0 Å². The molecule has 4 atom stereocenters. The van der Waals surface area contributed by atoms with Gasteiger partial charge in [0.2, 0.25) is 0 Å². The van der Waals surface area contributed by atoms with Gasteiger partial charge in [0.25, 0.3) is 0 Å². The lowest BCUT2D eigenvalue weighted by Crippen LogP contribution is -2.12. The van der Waals surface area contributed by atoms with Crippen LogP contribution < -0.4 is 0 Å². The van der Waals surface area contributed by atoms with Crippen molar-refractivity contribution in [2.24, 2.45) is 23.7 Å². The molecule has 1 saturated carbocycles. The van der Waals surface area contributed by atoms with Crippen LogP contribution >= 0.6 is 0 Å². The largest absolute Gasteiger partial charge is 0.0848 e. The van der Waals surface area contributed by atoms with E-state index in [1.54, 1.807) is 0 Å². The zero-order valence-corrected chi connectivity index (χ0v) is 6.17. The average molecular weight is 122 g/mol. The van der Waals surface area contributed by atoms with E-state index in [0.29, 0.717) is 0 Å². The van der Waals surface area contributed by atoms with Crippen LogP contribution in [0.1, 0.15) is 20.3 Å². The molecule has 0 radical (unpaired) electrons. The first kappa shape index (κ1) is 5.52. The van der Waals surface area contributed by atoms with Crippen LogP contribution in [0.15, 0.2) is 12.2 Å². The smallest absolute Gasteiger partial charge is 0.0199 e. The van der Waals surface area contributed by atoms with Crippen LogP contribution in [-0.4, -0.2) is 0 Å². The second-order valence-corrected chi connectivity index (χ2v) is 3.67. The summed E-state index contributed by atoms with van der Waals surface area (Å²) in [5.41, 5.74) is 0. The normalized spacial score (nSPS) is 54.9. The van der Waals surface area contributed by atoms with Crippen molar-refractivity contribution < 1.29 is 0 Å². The van der Waals surface area contributed by atoms with E-state index < -0.39 is 0 Å². The van der Waals surface area contributed by atoms with Crippen LogP contribution in [0, 0.1) is 23.7 Å². The SMILES string of the molecule is CC1[C@@H]2C=C[C@@H](C2)[C@@H]1C. The van der Waals surface area contributed by atoms with Gasteiger partial charge in [0.1, 0.15) is 0 Å². The highest BCUT2D eigenvalue weighted by Crippen LogP contribution is 2.47. The lowest BCUT2D eigenvalue weighted by atomic mass is 9.86. The maximum atomic E-state index is 2.41. The minimum atomic E-state index is 0.935. The first-order valence-corrected chi connectivity index (χ1v) is 3.97. The molecule has 0 aromatic heterocycles. The molecule has 0 amide bonds. The topological polar surface area (TPSA) is 0 Å². The Labute approximate surface area is 57.0 Å². The fourth-order valence-corrected chi connectivity index (χ4v) is 2.32. The fourth-order valence-electron chi connectivity index (χ4n) is 2.32. The molecule has 50 valence electrons. The number of hydrogen-bond donors (Lipinski definition) is 0. The summed E-state index contributed by atoms with van der Waals surface area (Å²) in [6, 6.07) is 0. The molecule has 2 rings (SSSR count). The molecule has 1 unspecified atom stereocenters. The van der Waals surface area contributed by atoms with E-state index in [1.807, 2.05) is 0 Å². The Balaban J connectivity index is 2.26. The first-order chi connectivity index (χ1) is 4.29. The number of allylic oxidation sites excluding steroid dienone is 2. The molecule has 0 spiro atoms. The Kier molecular flexibility index (Phi) is 0.992. The van der Waals surface area contributed by atoms with Crippen molar-refractivity contribution in [3.05, 3.63) is 12.2 Å². The van der Waals surface area contributed by atoms with Crippen LogP contribution in [0.25, 0.3) is 0 Å². The van der Waals surface area contributed by atoms with Gasteiger partial charge in [-0.15, -0.1) is 0 Å². The Morgan fingerprint density at radius 3 is 1.67 bits per heavy atom. The third kappa shape index (κ3) is 0.593. The molecule has 2 bridgehead atoms. The van der Waals surface area contributed by atoms with E-state index >= 15 is 0 Å². The zero-order valence-electron chi connectivity index (χ0n) is 6.17. The Morgan fingerprint density at radius 2 is 1.44 bits per heavy atom. The Morgan fingerprint density at radius 1 is 1.00 bits per heavy atom. The lowest BCUT2D eigenvalue weighted by Gasteiger charge is -2.19. The van der Waals surface area contributed by atoms with E-state index in [1.165, 1.54) is 6.42 Å². The minimum Gasteiger partial charge on any atom is -0.0848 e. The van der Waals surface area contributed by atoms with Crippen molar-refractivity contribution in [1.82, 2.24) is 0 Å². The lowest BCUT2D eigenvalue weighted by molar-refractivity contribution is 0.364. The molecular weight excluding hydrogens is 108 g/mol. The van der Waals surface area contributed by atoms with Gasteiger partial charge in [0, 0.05) is 0 Å². The molecule has 0 heteroatoms. The molecular formula is C9H14. The first-order valence-electron chi connectivity index (χ1n) is 3.97. The van der Waals surface area contributed by atoms with Crippen molar-refractivity contribution >= 4 is 0 Å². The van der Waals surface area contributed by atoms with Gasteiger partial charge in [-0.3, -0.25) is 0 Å². The maximum absolute atomic E-state index is 2.41. The van der Waals surface area contributed by atoms with Crippen molar-refractivity contribution in [2.75, 3.05) is 0 Å². The molecule has 0 heterocycles. The van der Waals surface area contributed by atoms with E-state index in [0.717, 1.165) is 23.7 Å². The fraction of sp³-hybridized carbons (Fsp3) is 0.778. The van der Waals surface area contributed by atoms with Crippen molar-refractivity contribution in [3.63, 3.8) is 0 Å². The van der Waals surface area contributed by atoms with Gasteiger partial charge in [-0.1, -0.05) is 26.0 Å². The number of rotatable bonds is 0. The summed E-state index contributed by atoms with van der Waals surface area (Å²) < 4.78 is 0. The second kappa shape index (κ2) is 1.62. The highest BCUT2D eigenvalue weighted by Gasteiger charge is 2.38. The Hall–Kier alpha value is -0.260. The summed E-state index contributed by atoms with van der Waals surface area (Å²) in [4.78, 5) is 0. The van der Waals surface area contributed by atoms with Crippen molar-refractivity contribution in [2.45, 2.75) is 20.3 Å². The highest BCUT2D eigenvalue weighted by atomic mass is 14.4. The van der Waals surface area contributed by atoms with Crippen LogP contribution in [-0.2, 0) is 0 Å². The average Bonchev–Trinajstić information content (AvgIpc) is 2.37. The van der Waals surface area contributed by atoms with Crippen LogP contribution in [0.3, 0.4) is 0 Å². The summed E-state index contributed by atoms with van der Waals surface area (Å²) in [5, 5.41) is 0. The predicted molar refractivity (Wildman–Crippen MR) is 39.1 cm³/mol. The van der Waals surface area contributed by atoms with E-state index in [4.69, 9.17) is 0 Å². The summed E-state index contributed by atoms with van der Waals surface area (Å²) in [5.74, 6) is 3.79. The van der Waals surface area contributed by atoms with E-state index in [-0.39, 0.29) is 0 Å². The van der Waals surface area contributed by atoms with Crippen molar-refractivity contribution in [1.29, 1.82) is 0 Å². The number of fused-ring (bicyclic) bond motifs is 2. The third-order valence-electron chi connectivity index (χ3n) is 3.33. The molecule has 1 fully saturated rings. The molecule has 0 saturated heterocycles. The van der Waals surface area contributed by atoms with Gasteiger partial charge in [-0.05, 0) is 30.1 Å². The molecule has 0 aromatic rings. The molecule has 9 heavy (non-hydrogen) atoms.